The largest absolute Gasteiger partial charge is 0.306 e. The van der Waals surface area contributed by atoms with E-state index in [1.165, 1.54) is 34.9 Å². The summed E-state index contributed by atoms with van der Waals surface area (Å²) in [6, 6.07) is 27.1. The van der Waals surface area contributed by atoms with Gasteiger partial charge in [-0.15, -0.1) is 0 Å². The van der Waals surface area contributed by atoms with Crippen molar-refractivity contribution in [1.82, 2.24) is 10.2 Å². The number of likely N-dealkylation sites (tertiary alicyclic amines) is 1. The van der Waals surface area contributed by atoms with Crippen molar-refractivity contribution < 1.29 is 0 Å². The van der Waals surface area contributed by atoms with E-state index in [1.807, 2.05) is 0 Å². The summed E-state index contributed by atoms with van der Waals surface area (Å²) >= 11 is 0. The standard InChI is InChI=1S/C23H26N2/c1-18(21-12-11-20-9-5-6-10-22(20)15-21)24-23-13-14-25(17-23)16-19-7-3-2-4-8-19/h2-12,15,18,23-24H,13-14,16-17H2,1H3. The highest BCUT2D eigenvalue weighted by molar-refractivity contribution is 5.83. The van der Waals surface area contributed by atoms with Gasteiger partial charge in [0, 0.05) is 31.7 Å². The van der Waals surface area contributed by atoms with Gasteiger partial charge in [-0.3, -0.25) is 4.90 Å². The number of rotatable bonds is 5. The predicted molar refractivity (Wildman–Crippen MR) is 106 cm³/mol. The van der Waals surface area contributed by atoms with Crippen LogP contribution in [0.4, 0.5) is 0 Å². The first-order valence-corrected chi connectivity index (χ1v) is 9.29. The molecule has 0 bridgehead atoms. The average Bonchev–Trinajstić information content (AvgIpc) is 3.09. The van der Waals surface area contributed by atoms with E-state index >= 15 is 0 Å². The molecule has 1 saturated heterocycles. The minimum absolute atomic E-state index is 0.381. The summed E-state index contributed by atoms with van der Waals surface area (Å²) in [5.41, 5.74) is 2.78. The van der Waals surface area contributed by atoms with Crippen LogP contribution in [0.5, 0.6) is 0 Å². The van der Waals surface area contributed by atoms with E-state index in [0.29, 0.717) is 12.1 Å². The maximum absolute atomic E-state index is 3.83. The molecule has 1 heterocycles. The molecule has 0 spiro atoms. The van der Waals surface area contributed by atoms with E-state index in [9.17, 15) is 0 Å². The first-order valence-electron chi connectivity index (χ1n) is 9.29. The van der Waals surface area contributed by atoms with Crippen molar-refractivity contribution in [3.05, 3.63) is 83.9 Å². The molecule has 2 heteroatoms. The molecule has 3 aromatic rings. The van der Waals surface area contributed by atoms with E-state index in [2.05, 4.69) is 89.9 Å². The molecular weight excluding hydrogens is 304 g/mol. The van der Waals surface area contributed by atoms with Gasteiger partial charge in [-0.25, -0.2) is 0 Å². The van der Waals surface area contributed by atoms with E-state index in [1.54, 1.807) is 0 Å². The van der Waals surface area contributed by atoms with Gasteiger partial charge < -0.3 is 5.32 Å². The van der Waals surface area contributed by atoms with Crippen molar-refractivity contribution in [2.24, 2.45) is 0 Å². The van der Waals surface area contributed by atoms with Crippen LogP contribution in [0.2, 0.25) is 0 Å². The topological polar surface area (TPSA) is 15.3 Å². The Morgan fingerprint density at radius 3 is 2.56 bits per heavy atom. The van der Waals surface area contributed by atoms with Gasteiger partial charge in [-0.2, -0.15) is 0 Å². The molecule has 1 aliphatic rings. The monoisotopic (exact) mass is 330 g/mol. The van der Waals surface area contributed by atoms with Crippen molar-refractivity contribution in [1.29, 1.82) is 0 Å². The maximum atomic E-state index is 3.83. The maximum Gasteiger partial charge on any atom is 0.0295 e. The Morgan fingerprint density at radius 1 is 0.960 bits per heavy atom. The van der Waals surface area contributed by atoms with Gasteiger partial charge in [0.2, 0.25) is 0 Å². The van der Waals surface area contributed by atoms with Crippen molar-refractivity contribution in [2.45, 2.75) is 32.0 Å². The van der Waals surface area contributed by atoms with Gasteiger partial charge in [-0.1, -0.05) is 66.7 Å². The van der Waals surface area contributed by atoms with E-state index in [-0.39, 0.29) is 0 Å². The van der Waals surface area contributed by atoms with Crippen LogP contribution < -0.4 is 5.32 Å². The molecular formula is C23H26N2. The lowest BCUT2D eigenvalue weighted by molar-refractivity contribution is 0.316. The van der Waals surface area contributed by atoms with Crippen LogP contribution in [0.1, 0.15) is 30.5 Å². The Morgan fingerprint density at radius 2 is 1.72 bits per heavy atom. The van der Waals surface area contributed by atoms with Crippen molar-refractivity contribution >= 4 is 10.8 Å². The van der Waals surface area contributed by atoms with Crippen LogP contribution in [0, 0.1) is 0 Å². The fourth-order valence-corrected chi connectivity index (χ4v) is 3.88. The van der Waals surface area contributed by atoms with E-state index in [0.717, 1.165) is 13.1 Å². The van der Waals surface area contributed by atoms with Gasteiger partial charge in [0.15, 0.2) is 0 Å². The van der Waals surface area contributed by atoms with Gasteiger partial charge in [0.25, 0.3) is 0 Å². The van der Waals surface area contributed by atoms with Crippen molar-refractivity contribution in [2.75, 3.05) is 13.1 Å². The van der Waals surface area contributed by atoms with Crippen LogP contribution in [0.15, 0.2) is 72.8 Å². The highest BCUT2D eigenvalue weighted by Gasteiger charge is 2.23. The lowest BCUT2D eigenvalue weighted by atomic mass is 10.0. The number of hydrogen-bond acceptors (Lipinski definition) is 2. The van der Waals surface area contributed by atoms with Gasteiger partial charge >= 0.3 is 0 Å². The fraction of sp³-hybridized carbons (Fsp3) is 0.304. The molecule has 1 N–H and O–H groups in total. The second-order valence-corrected chi connectivity index (χ2v) is 7.20. The minimum Gasteiger partial charge on any atom is -0.306 e. The van der Waals surface area contributed by atoms with Crippen LogP contribution >= 0.6 is 0 Å². The molecule has 1 aliphatic heterocycles. The summed E-state index contributed by atoms with van der Waals surface area (Å²) in [6.45, 7) is 5.65. The molecule has 0 radical (unpaired) electrons. The lowest BCUT2D eigenvalue weighted by Gasteiger charge is -2.21. The highest BCUT2D eigenvalue weighted by Crippen LogP contribution is 2.22. The van der Waals surface area contributed by atoms with Gasteiger partial charge in [0.05, 0.1) is 0 Å². The average molecular weight is 330 g/mol. The first kappa shape index (κ1) is 16.3. The smallest absolute Gasteiger partial charge is 0.0295 e. The van der Waals surface area contributed by atoms with Crippen LogP contribution in [0.25, 0.3) is 10.8 Å². The summed E-state index contributed by atoms with van der Waals surface area (Å²) in [4.78, 5) is 2.56. The Kier molecular flexibility index (Phi) is 4.82. The lowest BCUT2D eigenvalue weighted by Crippen LogP contribution is -2.34. The van der Waals surface area contributed by atoms with Gasteiger partial charge in [-0.05, 0) is 41.3 Å². The summed E-state index contributed by atoms with van der Waals surface area (Å²) in [5, 5.41) is 6.47. The normalized spacial score (nSPS) is 19.3. The Bertz CT molecular complexity index is 828. The zero-order valence-corrected chi connectivity index (χ0v) is 14.9. The molecule has 1 fully saturated rings. The van der Waals surface area contributed by atoms with Crippen LogP contribution in [-0.4, -0.2) is 24.0 Å². The Balaban J connectivity index is 1.37. The molecule has 128 valence electrons. The molecule has 4 rings (SSSR count). The predicted octanol–water partition coefficient (Wildman–Crippen LogP) is 4.76. The molecule has 2 atom stereocenters. The SMILES string of the molecule is CC(NC1CCN(Cc2ccccc2)C1)c1ccc2ccccc2c1. The molecule has 25 heavy (non-hydrogen) atoms. The quantitative estimate of drug-likeness (QED) is 0.725. The number of hydrogen-bond donors (Lipinski definition) is 1. The zero-order valence-electron chi connectivity index (χ0n) is 14.9. The molecule has 0 aliphatic carbocycles. The third-order valence-electron chi connectivity index (χ3n) is 5.28. The Hall–Kier alpha value is -2.16. The van der Waals surface area contributed by atoms with Crippen molar-refractivity contribution in [3.63, 3.8) is 0 Å². The minimum atomic E-state index is 0.381. The molecule has 0 saturated carbocycles. The number of benzene rings is 3. The number of fused-ring (bicyclic) bond motifs is 1. The Labute approximate surface area is 150 Å². The van der Waals surface area contributed by atoms with E-state index in [4.69, 9.17) is 0 Å². The highest BCUT2D eigenvalue weighted by atomic mass is 15.2. The van der Waals surface area contributed by atoms with Crippen molar-refractivity contribution in [3.8, 4) is 0 Å². The molecule has 2 nitrogen and oxygen atoms in total. The second kappa shape index (κ2) is 7.38. The number of nitrogens with one attached hydrogen (secondary N) is 1. The summed E-state index contributed by atoms with van der Waals surface area (Å²) in [5.74, 6) is 0. The van der Waals surface area contributed by atoms with Crippen LogP contribution in [0.3, 0.4) is 0 Å². The van der Waals surface area contributed by atoms with E-state index < -0.39 is 0 Å². The molecule has 0 amide bonds. The number of nitrogens with zero attached hydrogens (tertiary/aromatic N) is 1. The van der Waals surface area contributed by atoms with Gasteiger partial charge in [0.1, 0.15) is 0 Å². The summed E-state index contributed by atoms with van der Waals surface area (Å²) < 4.78 is 0. The zero-order chi connectivity index (χ0) is 17.1. The summed E-state index contributed by atoms with van der Waals surface area (Å²) in [6.07, 6.45) is 1.23. The van der Waals surface area contributed by atoms with Crippen LogP contribution in [-0.2, 0) is 6.54 Å². The summed E-state index contributed by atoms with van der Waals surface area (Å²) in [7, 11) is 0. The second-order valence-electron chi connectivity index (χ2n) is 7.20. The molecule has 2 unspecified atom stereocenters. The molecule has 0 aromatic heterocycles. The molecule has 3 aromatic carbocycles. The third kappa shape index (κ3) is 3.92. The fourth-order valence-electron chi connectivity index (χ4n) is 3.88. The third-order valence-corrected chi connectivity index (χ3v) is 5.28. The first-order chi connectivity index (χ1) is 12.3.